The number of rotatable bonds is 5. The normalized spacial score (nSPS) is 11.0. The monoisotopic (exact) mass is 266 g/mol. The number of aromatic amines is 1. The summed E-state index contributed by atoms with van der Waals surface area (Å²) in [5, 5.41) is 3.41. The lowest BCUT2D eigenvalue weighted by Crippen LogP contribution is -2.17. The molecule has 0 saturated heterocycles. The van der Waals surface area contributed by atoms with Crippen molar-refractivity contribution in [3.05, 3.63) is 59.9 Å². The first-order valence-electron chi connectivity index (χ1n) is 6.80. The lowest BCUT2D eigenvalue weighted by Gasteiger charge is -2.04. The van der Waals surface area contributed by atoms with Crippen molar-refractivity contribution in [3.63, 3.8) is 0 Å². The molecule has 20 heavy (non-hydrogen) atoms. The van der Waals surface area contributed by atoms with Gasteiger partial charge in [-0.2, -0.15) is 0 Å². The molecular formula is C16H18N4. The van der Waals surface area contributed by atoms with Gasteiger partial charge >= 0.3 is 0 Å². The molecule has 0 bridgehead atoms. The van der Waals surface area contributed by atoms with Gasteiger partial charge in [0.05, 0.1) is 11.0 Å². The SMILES string of the molecule is Nc1cccc(CNCCc2nc3ccccc3[nH]2)c1. The number of benzene rings is 2. The Labute approximate surface area is 118 Å². The van der Waals surface area contributed by atoms with E-state index in [1.54, 1.807) is 0 Å². The smallest absolute Gasteiger partial charge is 0.108 e. The molecule has 4 nitrogen and oxygen atoms in total. The minimum Gasteiger partial charge on any atom is -0.399 e. The molecule has 0 unspecified atom stereocenters. The number of hydrogen-bond donors (Lipinski definition) is 3. The van der Waals surface area contributed by atoms with E-state index >= 15 is 0 Å². The standard InChI is InChI=1S/C16H18N4/c17-13-5-3-4-12(10-13)11-18-9-8-16-19-14-6-1-2-7-15(14)20-16/h1-7,10,18H,8-9,11,17H2,(H,19,20). The van der Waals surface area contributed by atoms with Gasteiger partial charge < -0.3 is 16.0 Å². The molecule has 0 radical (unpaired) electrons. The third kappa shape index (κ3) is 2.97. The number of nitrogens with zero attached hydrogens (tertiary/aromatic N) is 1. The predicted octanol–water partition coefficient (Wildman–Crippen LogP) is 2.48. The number of para-hydroxylation sites is 2. The van der Waals surface area contributed by atoms with Gasteiger partial charge in [-0.3, -0.25) is 0 Å². The van der Waals surface area contributed by atoms with Gasteiger partial charge in [-0.15, -0.1) is 0 Å². The summed E-state index contributed by atoms with van der Waals surface area (Å²) in [5.41, 5.74) is 9.89. The summed E-state index contributed by atoms with van der Waals surface area (Å²) in [5.74, 6) is 1.02. The highest BCUT2D eigenvalue weighted by atomic mass is 14.9. The van der Waals surface area contributed by atoms with E-state index in [1.807, 2.05) is 42.5 Å². The van der Waals surface area contributed by atoms with Crippen LogP contribution in [-0.2, 0) is 13.0 Å². The van der Waals surface area contributed by atoms with Crippen LogP contribution in [0.4, 0.5) is 5.69 Å². The average molecular weight is 266 g/mol. The van der Waals surface area contributed by atoms with Crippen molar-refractivity contribution in [2.45, 2.75) is 13.0 Å². The van der Waals surface area contributed by atoms with E-state index in [-0.39, 0.29) is 0 Å². The summed E-state index contributed by atoms with van der Waals surface area (Å²) in [4.78, 5) is 7.89. The summed E-state index contributed by atoms with van der Waals surface area (Å²) < 4.78 is 0. The fourth-order valence-corrected chi connectivity index (χ4v) is 2.27. The number of nitrogens with one attached hydrogen (secondary N) is 2. The predicted molar refractivity (Wildman–Crippen MR) is 82.4 cm³/mol. The van der Waals surface area contributed by atoms with E-state index in [9.17, 15) is 0 Å². The first kappa shape index (κ1) is 12.7. The largest absolute Gasteiger partial charge is 0.399 e. The number of H-pyrrole nitrogens is 1. The number of fused-ring (bicyclic) bond motifs is 1. The molecule has 0 spiro atoms. The number of imidazole rings is 1. The lowest BCUT2D eigenvalue weighted by atomic mass is 10.2. The summed E-state index contributed by atoms with van der Waals surface area (Å²) in [6.07, 6.45) is 0.886. The van der Waals surface area contributed by atoms with Crippen LogP contribution >= 0.6 is 0 Å². The zero-order valence-electron chi connectivity index (χ0n) is 11.3. The van der Waals surface area contributed by atoms with E-state index < -0.39 is 0 Å². The first-order chi connectivity index (χ1) is 9.81. The van der Waals surface area contributed by atoms with Crippen molar-refractivity contribution in [1.82, 2.24) is 15.3 Å². The van der Waals surface area contributed by atoms with Crippen LogP contribution in [0.3, 0.4) is 0 Å². The molecule has 3 aromatic rings. The maximum absolute atomic E-state index is 5.75. The second-order valence-corrected chi connectivity index (χ2v) is 4.87. The van der Waals surface area contributed by atoms with Crippen molar-refractivity contribution in [2.24, 2.45) is 0 Å². The van der Waals surface area contributed by atoms with E-state index in [0.29, 0.717) is 0 Å². The van der Waals surface area contributed by atoms with Gasteiger partial charge in [-0.25, -0.2) is 4.98 Å². The zero-order valence-corrected chi connectivity index (χ0v) is 11.3. The molecule has 4 N–H and O–H groups in total. The molecular weight excluding hydrogens is 248 g/mol. The molecule has 0 atom stereocenters. The highest BCUT2D eigenvalue weighted by Crippen LogP contribution is 2.10. The van der Waals surface area contributed by atoms with E-state index in [2.05, 4.69) is 21.4 Å². The minimum atomic E-state index is 0.807. The second-order valence-electron chi connectivity index (χ2n) is 4.87. The van der Waals surface area contributed by atoms with E-state index in [1.165, 1.54) is 5.56 Å². The van der Waals surface area contributed by atoms with Crippen LogP contribution in [0, 0.1) is 0 Å². The number of nitrogen functional groups attached to an aromatic ring is 1. The Morgan fingerprint density at radius 3 is 2.85 bits per heavy atom. The van der Waals surface area contributed by atoms with Gasteiger partial charge in [-0.05, 0) is 29.8 Å². The van der Waals surface area contributed by atoms with Crippen molar-refractivity contribution < 1.29 is 0 Å². The maximum Gasteiger partial charge on any atom is 0.108 e. The average Bonchev–Trinajstić information content (AvgIpc) is 2.86. The Kier molecular flexibility index (Phi) is 3.65. The molecule has 1 heterocycles. The molecule has 4 heteroatoms. The molecule has 102 valence electrons. The van der Waals surface area contributed by atoms with Gasteiger partial charge in [-0.1, -0.05) is 24.3 Å². The molecule has 1 aromatic heterocycles. The van der Waals surface area contributed by atoms with Gasteiger partial charge in [0.1, 0.15) is 5.82 Å². The summed E-state index contributed by atoms with van der Waals surface area (Å²) >= 11 is 0. The fourth-order valence-electron chi connectivity index (χ4n) is 2.27. The van der Waals surface area contributed by atoms with Crippen LogP contribution in [-0.4, -0.2) is 16.5 Å². The Morgan fingerprint density at radius 1 is 1.10 bits per heavy atom. The molecule has 0 aliphatic rings. The number of nitrogens with two attached hydrogens (primary N) is 1. The highest BCUT2D eigenvalue weighted by molar-refractivity contribution is 5.74. The minimum absolute atomic E-state index is 0.807. The van der Waals surface area contributed by atoms with Crippen molar-refractivity contribution >= 4 is 16.7 Å². The molecule has 3 rings (SSSR count). The van der Waals surface area contributed by atoms with Crippen LogP contribution in [0.5, 0.6) is 0 Å². The molecule has 0 fully saturated rings. The van der Waals surface area contributed by atoms with Gasteiger partial charge in [0.15, 0.2) is 0 Å². The zero-order chi connectivity index (χ0) is 13.8. The van der Waals surface area contributed by atoms with Crippen LogP contribution in [0.15, 0.2) is 48.5 Å². The Hall–Kier alpha value is -2.33. The third-order valence-corrected chi connectivity index (χ3v) is 3.26. The highest BCUT2D eigenvalue weighted by Gasteiger charge is 2.01. The third-order valence-electron chi connectivity index (χ3n) is 3.26. The van der Waals surface area contributed by atoms with Gasteiger partial charge in [0, 0.05) is 25.2 Å². The van der Waals surface area contributed by atoms with Crippen LogP contribution in [0.1, 0.15) is 11.4 Å². The molecule has 0 amide bonds. The van der Waals surface area contributed by atoms with Gasteiger partial charge in [0.2, 0.25) is 0 Å². The Balaban J connectivity index is 1.52. The fraction of sp³-hybridized carbons (Fsp3) is 0.188. The van der Waals surface area contributed by atoms with Crippen molar-refractivity contribution in [3.8, 4) is 0 Å². The second kappa shape index (κ2) is 5.75. The van der Waals surface area contributed by atoms with Crippen molar-refractivity contribution in [1.29, 1.82) is 0 Å². The Morgan fingerprint density at radius 2 is 2.00 bits per heavy atom. The summed E-state index contributed by atoms with van der Waals surface area (Å²) in [7, 11) is 0. The summed E-state index contributed by atoms with van der Waals surface area (Å²) in [6, 6.07) is 16.0. The quantitative estimate of drug-likeness (QED) is 0.491. The maximum atomic E-state index is 5.75. The lowest BCUT2D eigenvalue weighted by molar-refractivity contribution is 0.675. The van der Waals surface area contributed by atoms with E-state index in [4.69, 9.17) is 5.73 Å². The Bertz CT molecular complexity index is 669. The first-order valence-corrected chi connectivity index (χ1v) is 6.80. The molecule has 0 saturated carbocycles. The topological polar surface area (TPSA) is 66.7 Å². The van der Waals surface area contributed by atoms with Crippen LogP contribution in [0.25, 0.3) is 11.0 Å². The van der Waals surface area contributed by atoms with Gasteiger partial charge in [0.25, 0.3) is 0 Å². The molecule has 2 aromatic carbocycles. The molecule has 0 aliphatic carbocycles. The van der Waals surface area contributed by atoms with E-state index in [0.717, 1.165) is 42.1 Å². The summed E-state index contributed by atoms with van der Waals surface area (Å²) in [6.45, 7) is 1.71. The number of aromatic nitrogens is 2. The van der Waals surface area contributed by atoms with Crippen molar-refractivity contribution in [2.75, 3.05) is 12.3 Å². The van der Waals surface area contributed by atoms with Crippen LogP contribution < -0.4 is 11.1 Å². The van der Waals surface area contributed by atoms with Crippen LogP contribution in [0.2, 0.25) is 0 Å². The number of anilines is 1. The number of hydrogen-bond acceptors (Lipinski definition) is 3. The molecule has 0 aliphatic heterocycles.